The predicted octanol–water partition coefficient (Wildman–Crippen LogP) is 3.49. The van der Waals surface area contributed by atoms with Crippen LogP contribution in [-0.2, 0) is 13.2 Å². The fourth-order valence-electron chi connectivity index (χ4n) is 1.68. The van der Waals surface area contributed by atoms with Crippen LogP contribution in [0.4, 0.5) is 4.39 Å². The van der Waals surface area contributed by atoms with Crippen molar-refractivity contribution < 1.29 is 9.13 Å². The van der Waals surface area contributed by atoms with Crippen molar-refractivity contribution in [3.05, 3.63) is 51.5 Å². The van der Waals surface area contributed by atoms with E-state index >= 15 is 0 Å². The highest BCUT2D eigenvalue weighted by Crippen LogP contribution is 2.23. The average molecular weight is 265 g/mol. The molecule has 4 heteroatoms. The van der Waals surface area contributed by atoms with E-state index in [1.807, 2.05) is 7.05 Å². The number of thiophene rings is 1. The van der Waals surface area contributed by atoms with Gasteiger partial charge in [0.1, 0.15) is 18.2 Å². The van der Waals surface area contributed by atoms with Crippen LogP contribution >= 0.6 is 11.3 Å². The van der Waals surface area contributed by atoms with Gasteiger partial charge in [-0.05, 0) is 44.3 Å². The van der Waals surface area contributed by atoms with Crippen molar-refractivity contribution in [2.24, 2.45) is 0 Å². The van der Waals surface area contributed by atoms with E-state index in [2.05, 4.69) is 18.3 Å². The number of halogens is 1. The summed E-state index contributed by atoms with van der Waals surface area (Å²) in [5.74, 6) is 0.447. The highest BCUT2D eigenvalue weighted by atomic mass is 32.1. The number of rotatable bonds is 5. The lowest BCUT2D eigenvalue weighted by Crippen LogP contribution is -2.02. The van der Waals surface area contributed by atoms with Crippen molar-refractivity contribution in [3.8, 4) is 5.75 Å². The minimum atomic E-state index is -0.245. The third-order valence-electron chi connectivity index (χ3n) is 2.63. The molecule has 0 saturated carbocycles. The molecule has 0 saturated heterocycles. The molecule has 0 aliphatic heterocycles. The number of benzene rings is 1. The van der Waals surface area contributed by atoms with Gasteiger partial charge < -0.3 is 10.1 Å². The molecule has 0 aliphatic carbocycles. The van der Waals surface area contributed by atoms with Gasteiger partial charge in [0.05, 0.1) is 0 Å². The number of hydrogen-bond donors (Lipinski definition) is 1. The summed E-state index contributed by atoms with van der Waals surface area (Å²) in [7, 11) is 1.93. The van der Waals surface area contributed by atoms with Gasteiger partial charge in [-0.15, -0.1) is 11.3 Å². The summed E-state index contributed by atoms with van der Waals surface area (Å²) in [6.45, 7) is 3.49. The molecule has 1 aromatic carbocycles. The van der Waals surface area contributed by atoms with Crippen LogP contribution in [0.5, 0.6) is 5.75 Å². The second-order valence-corrected chi connectivity index (χ2v) is 5.41. The van der Waals surface area contributed by atoms with Gasteiger partial charge in [-0.1, -0.05) is 0 Å². The largest absolute Gasteiger partial charge is 0.489 e. The van der Waals surface area contributed by atoms with Gasteiger partial charge >= 0.3 is 0 Å². The topological polar surface area (TPSA) is 21.3 Å². The Kier molecular flexibility index (Phi) is 4.33. The summed E-state index contributed by atoms with van der Waals surface area (Å²) in [6, 6.07) is 8.25. The normalized spacial score (nSPS) is 10.6. The van der Waals surface area contributed by atoms with Gasteiger partial charge in [-0.2, -0.15) is 0 Å². The van der Waals surface area contributed by atoms with E-state index in [0.29, 0.717) is 12.4 Å². The van der Waals surface area contributed by atoms with Crippen LogP contribution in [0.15, 0.2) is 30.3 Å². The molecule has 0 amide bonds. The summed E-state index contributed by atoms with van der Waals surface area (Å²) in [4.78, 5) is 2.56. The summed E-state index contributed by atoms with van der Waals surface area (Å²) in [5, 5.41) is 3.13. The van der Waals surface area contributed by atoms with Crippen LogP contribution in [-0.4, -0.2) is 7.05 Å². The first-order valence-electron chi connectivity index (χ1n) is 5.80. The Labute approximate surface area is 110 Å². The molecule has 0 radical (unpaired) electrons. The van der Waals surface area contributed by atoms with Crippen molar-refractivity contribution >= 4 is 11.3 Å². The van der Waals surface area contributed by atoms with E-state index in [9.17, 15) is 4.39 Å². The number of aryl methyl sites for hydroxylation is 1. The molecule has 1 N–H and O–H groups in total. The van der Waals surface area contributed by atoms with Gasteiger partial charge in [0.15, 0.2) is 0 Å². The Balaban J connectivity index is 1.99. The summed E-state index contributed by atoms with van der Waals surface area (Å²) >= 11 is 1.77. The maximum Gasteiger partial charge on any atom is 0.123 e. The SMILES string of the molecule is CNCc1cc(COc2ccc(F)cc2)c(C)s1. The zero-order chi connectivity index (χ0) is 13.0. The number of nitrogens with one attached hydrogen (secondary N) is 1. The minimum Gasteiger partial charge on any atom is -0.489 e. The smallest absolute Gasteiger partial charge is 0.123 e. The quantitative estimate of drug-likeness (QED) is 0.893. The molecule has 0 aliphatic rings. The van der Waals surface area contributed by atoms with Gasteiger partial charge in [0.2, 0.25) is 0 Å². The third kappa shape index (κ3) is 3.31. The maximum absolute atomic E-state index is 12.7. The lowest BCUT2D eigenvalue weighted by atomic mass is 10.2. The molecule has 0 unspecified atom stereocenters. The van der Waals surface area contributed by atoms with E-state index in [4.69, 9.17) is 4.74 Å². The van der Waals surface area contributed by atoms with E-state index in [1.165, 1.54) is 27.5 Å². The van der Waals surface area contributed by atoms with Gasteiger partial charge in [0, 0.05) is 21.9 Å². The lowest BCUT2D eigenvalue weighted by molar-refractivity contribution is 0.305. The highest BCUT2D eigenvalue weighted by molar-refractivity contribution is 7.12. The fraction of sp³-hybridized carbons (Fsp3) is 0.286. The molecule has 2 rings (SSSR count). The van der Waals surface area contributed by atoms with Crippen LogP contribution in [0.3, 0.4) is 0 Å². The standard InChI is InChI=1S/C14H16FNOS/c1-10-11(7-14(18-10)8-16-2)9-17-13-5-3-12(15)4-6-13/h3-7,16H,8-9H2,1-2H3. The molecule has 96 valence electrons. The zero-order valence-corrected chi connectivity index (χ0v) is 11.3. The molecule has 0 spiro atoms. The van der Waals surface area contributed by atoms with Crippen LogP contribution < -0.4 is 10.1 Å². The van der Waals surface area contributed by atoms with Crippen LogP contribution in [0, 0.1) is 12.7 Å². The number of hydrogen-bond acceptors (Lipinski definition) is 3. The maximum atomic E-state index is 12.7. The molecular weight excluding hydrogens is 249 g/mol. The van der Waals surface area contributed by atoms with Crippen LogP contribution in [0.25, 0.3) is 0 Å². The Hall–Kier alpha value is -1.39. The number of ether oxygens (including phenoxy) is 1. The van der Waals surface area contributed by atoms with Crippen molar-refractivity contribution in [2.45, 2.75) is 20.1 Å². The average Bonchev–Trinajstić information content (AvgIpc) is 2.70. The van der Waals surface area contributed by atoms with Gasteiger partial charge in [-0.3, -0.25) is 0 Å². The Morgan fingerprint density at radius 1 is 1.28 bits per heavy atom. The molecule has 0 atom stereocenters. The molecule has 1 aromatic heterocycles. The second kappa shape index (κ2) is 5.98. The molecule has 18 heavy (non-hydrogen) atoms. The van der Waals surface area contributed by atoms with Crippen molar-refractivity contribution in [3.63, 3.8) is 0 Å². The lowest BCUT2D eigenvalue weighted by Gasteiger charge is -2.05. The molecular formula is C14H16FNOS. The van der Waals surface area contributed by atoms with Crippen molar-refractivity contribution in [1.82, 2.24) is 5.32 Å². The minimum absolute atomic E-state index is 0.245. The molecule has 0 bridgehead atoms. The van der Waals surface area contributed by atoms with Gasteiger partial charge in [-0.25, -0.2) is 4.39 Å². The summed E-state index contributed by atoms with van der Waals surface area (Å²) in [5.41, 5.74) is 1.19. The monoisotopic (exact) mass is 265 g/mol. The zero-order valence-electron chi connectivity index (χ0n) is 10.5. The Bertz CT molecular complexity index is 507. The summed E-state index contributed by atoms with van der Waals surface area (Å²) < 4.78 is 18.4. The van der Waals surface area contributed by atoms with Crippen molar-refractivity contribution in [1.29, 1.82) is 0 Å². The van der Waals surface area contributed by atoms with Gasteiger partial charge in [0.25, 0.3) is 0 Å². The van der Waals surface area contributed by atoms with E-state index in [1.54, 1.807) is 23.5 Å². The fourth-order valence-corrected chi connectivity index (χ4v) is 2.74. The van der Waals surface area contributed by atoms with Crippen LogP contribution in [0.2, 0.25) is 0 Å². The first-order chi connectivity index (χ1) is 8.69. The predicted molar refractivity (Wildman–Crippen MR) is 72.6 cm³/mol. The second-order valence-electron chi connectivity index (χ2n) is 4.07. The van der Waals surface area contributed by atoms with E-state index in [-0.39, 0.29) is 5.82 Å². The molecule has 2 nitrogen and oxygen atoms in total. The highest BCUT2D eigenvalue weighted by Gasteiger charge is 2.05. The summed E-state index contributed by atoms with van der Waals surface area (Å²) in [6.07, 6.45) is 0. The molecule has 2 aromatic rings. The first kappa shape index (κ1) is 13.1. The Morgan fingerprint density at radius 2 is 2.00 bits per heavy atom. The van der Waals surface area contributed by atoms with E-state index in [0.717, 1.165) is 6.54 Å². The third-order valence-corrected chi connectivity index (χ3v) is 3.72. The Morgan fingerprint density at radius 3 is 2.67 bits per heavy atom. The molecule has 1 heterocycles. The first-order valence-corrected chi connectivity index (χ1v) is 6.62. The van der Waals surface area contributed by atoms with E-state index < -0.39 is 0 Å². The molecule has 0 fully saturated rings. The van der Waals surface area contributed by atoms with Crippen molar-refractivity contribution in [2.75, 3.05) is 7.05 Å². The van der Waals surface area contributed by atoms with Crippen LogP contribution in [0.1, 0.15) is 15.3 Å².